The molecule has 6 heteroatoms. The molecule has 0 aliphatic carbocycles. The van der Waals surface area contributed by atoms with Crippen molar-refractivity contribution in [1.29, 1.82) is 0 Å². The van der Waals surface area contributed by atoms with Gasteiger partial charge in [0.2, 0.25) is 0 Å². The molecule has 122 valence electrons. The van der Waals surface area contributed by atoms with Crippen LogP contribution in [0.4, 0.5) is 28.9 Å². The van der Waals surface area contributed by atoms with E-state index in [9.17, 15) is 17.6 Å². The zero-order valence-corrected chi connectivity index (χ0v) is 12.7. The fourth-order valence-corrected chi connectivity index (χ4v) is 1.85. The van der Waals surface area contributed by atoms with Crippen molar-refractivity contribution in [3.05, 3.63) is 59.7 Å². The van der Waals surface area contributed by atoms with Gasteiger partial charge in [-0.3, -0.25) is 0 Å². The van der Waals surface area contributed by atoms with Gasteiger partial charge in [-0.05, 0) is 38.1 Å². The predicted molar refractivity (Wildman–Crippen MR) is 84.0 cm³/mol. The molecule has 0 fully saturated rings. The molecule has 0 aromatic heterocycles. The second kappa shape index (κ2) is 6.81. The number of hydrogen-bond donors (Lipinski definition) is 1. The van der Waals surface area contributed by atoms with E-state index in [1.807, 2.05) is 13.8 Å². The Balaban J connectivity index is 2.34. The Kier molecular flexibility index (Phi) is 5.03. The summed E-state index contributed by atoms with van der Waals surface area (Å²) >= 11 is 0. The smallest absolute Gasteiger partial charge is 0.341 e. The highest BCUT2D eigenvalue weighted by Crippen LogP contribution is 2.26. The number of anilines is 1. The number of alkyl halides is 4. The SMILES string of the molecule is Cc1ccc(N=C(Nc2ccc(C)cc2)C(F)C(F)(F)F)cc1. The topological polar surface area (TPSA) is 24.4 Å². The van der Waals surface area contributed by atoms with Crippen molar-refractivity contribution < 1.29 is 17.6 Å². The third-order valence-electron chi connectivity index (χ3n) is 3.13. The fraction of sp³-hybridized carbons (Fsp3) is 0.235. The first kappa shape index (κ1) is 17.0. The van der Waals surface area contributed by atoms with Gasteiger partial charge in [0.15, 0.2) is 5.84 Å². The van der Waals surface area contributed by atoms with Crippen molar-refractivity contribution in [2.24, 2.45) is 4.99 Å². The Bertz CT molecular complexity index is 673. The molecule has 0 heterocycles. The Labute approximate surface area is 131 Å². The van der Waals surface area contributed by atoms with Crippen molar-refractivity contribution >= 4 is 17.2 Å². The Morgan fingerprint density at radius 2 is 1.39 bits per heavy atom. The minimum Gasteiger partial charge on any atom is -0.341 e. The van der Waals surface area contributed by atoms with Gasteiger partial charge < -0.3 is 5.32 Å². The highest BCUT2D eigenvalue weighted by Gasteiger charge is 2.44. The number of benzene rings is 2. The van der Waals surface area contributed by atoms with Gasteiger partial charge in [-0.1, -0.05) is 35.4 Å². The lowest BCUT2D eigenvalue weighted by Gasteiger charge is -2.17. The molecule has 0 saturated heterocycles. The quantitative estimate of drug-likeness (QED) is 0.459. The molecule has 0 radical (unpaired) electrons. The van der Waals surface area contributed by atoms with Gasteiger partial charge in [0.05, 0.1) is 5.69 Å². The number of amidine groups is 1. The van der Waals surface area contributed by atoms with E-state index < -0.39 is 18.2 Å². The summed E-state index contributed by atoms with van der Waals surface area (Å²) in [6.07, 6.45) is -8.22. The largest absolute Gasteiger partial charge is 0.427 e. The minimum absolute atomic E-state index is 0.247. The highest BCUT2D eigenvalue weighted by atomic mass is 19.4. The maximum absolute atomic E-state index is 13.8. The minimum atomic E-state index is -5.03. The molecule has 0 bridgehead atoms. The van der Waals surface area contributed by atoms with Crippen LogP contribution < -0.4 is 5.32 Å². The molecule has 0 amide bonds. The van der Waals surface area contributed by atoms with Crippen LogP contribution in [0.15, 0.2) is 53.5 Å². The zero-order valence-electron chi connectivity index (χ0n) is 12.7. The molecule has 2 aromatic rings. The monoisotopic (exact) mass is 324 g/mol. The number of nitrogens with one attached hydrogen (secondary N) is 1. The van der Waals surface area contributed by atoms with Crippen LogP contribution in [-0.4, -0.2) is 18.2 Å². The predicted octanol–water partition coefficient (Wildman–Crippen LogP) is 5.35. The van der Waals surface area contributed by atoms with Crippen LogP contribution in [0.3, 0.4) is 0 Å². The molecule has 23 heavy (non-hydrogen) atoms. The summed E-state index contributed by atoms with van der Waals surface area (Å²) in [6.45, 7) is 3.69. The van der Waals surface area contributed by atoms with E-state index in [1.165, 1.54) is 12.1 Å². The summed E-state index contributed by atoms with van der Waals surface area (Å²) in [5.41, 5.74) is 2.47. The van der Waals surface area contributed by atoms with E-state index >= 15 is 0 Å². The Morgan fingerprint density at radius 3 is 1.87 bits per heavy atom. The Morgan fingerprint density at radius 1 is 0.913 bits per heavy atom. The van der Waals surface area contributed by atoms with Gasteiger partial charge in [0, 0.05) is 5.69 Å². The summed E-state index contributed by atoms with van der Waals surface area (Å²) in [7, 11) is 0. The van der Waals surface area contributed by atoms with Gasteiger partial charge >= 0.3 is 6.18 Å². The number of aryl methyl sites for hydroxylation is 2. The first-order valence-electron chi connectivity index (χ1n) is 6.95. The Hall–Kier alpha value is -2.37. The number of nitrogens with zero attached hydrogens (tertiary/aromatic N) is 1. The van der Waals surface area contributed by atoms with Crippen molar-refractivity contribution in [3.63, 3.8) is 0 Å². The van der Waals surface area contributed by atoms with Gasteiger partial charge in [-0.2, -0.15) is 13.2 Å². The van der Waals surface area contributed by atoms with E-state index in [1.54, 1.807) is 36.4 Å². The van der Waals surface area contributed by atoms with Crippen LogP contribution in [0, 0.1) is 13.8 Å². The standard InChI is InChI=1S/C17H16F4N2/c1-11-3-7-13(8-4-11)22-16(15(18)17(19,20)21)23-14-9-5-12(2)6-10-14/h3-10,15H,1-2H3,(H,22,23). The maximum Gasteiger partial charge on any atom is 0.427 e. The first-order valence-corrected chi connectivity index (χ1v) is 6.95. The maximum atomic E-state index is 13.8. The molecule has 2 nitrogen and oxygen atoms in total. The molecule has 1 atom stereocenters. The summed E-state index contributed by atoms with van der Waals surface area (Å²) in [4.78, 5) is 3.79. The van der Waals surface area contributed by atoms with Gasteiger partial charge in [-0.25, -0.2) is 9.38 Å². The van der Waals surface area contributed by atoms with Gasteiger partial charge in [0.25, 0.3) is 6.17 Å². The lowest BCUT2D eigenvalue weighted by atomic mass is 10.2. The third-order valence-corrected chi connectivity index (χ3v) is 3.13. The lowest BCUT2D eigenvalue weighted by molar-refractivity contribution is -0.160. The number of halogens is 4. The molecule has 0 spiro atoms. The second-order valence-electron chi connectivity index (χ2n) is 5.23. The number of rotatable bonds is 3. The molecular weight excluding hydrogens is 308 g/mol. The second-order valence-corrected chi connectivity index (χ2v) is 5.23. The van der Waals surface area contributed by atoms with Crippen LogP contribution in [0.2, 0.25) is 0 Å². The normalized spacial score (nSPS) is 13.7. The molecular formula is C17H16F4N2. The van der Waals surface area contributed by atoms with Crippen LogP contribution >= 0.6 is 0 Å². The fourth-order valence-electron chi connectivity index (χ4n) is 1.85. The van der Waals surface area contributed by atoms with E-state index in [0.717, 1.165) is 11.1 Å². The molecule has 1 N–H and O–H groups in total. The molecule has 1 unspecified atom stereocenters. The first-order chi connectivity index (χ1) is 10.8. The average molecular weight is 324 g/mol. The molecule has 2 aromatic carbocycles. The molecule has 0 saturated carbocycles. The molecule has 0 aliphatic heterocycles. The van der Waals surface area contributed by atoms with Crippen LogP contribution in [0.1, 0.15) is 11.1 Å². The molecule has 0 aliphatic rings. The number of aliphatic imine (C=N–C) groups is 1. The van der Waals surface area contributed by atoms with Gasteiger partial charge in [-0.15, -0.1) is 0 Å². The van der Waals surface area contributed by atoms with Crippen LogP contribution in [0.5, 0.6) is 0 Å². The summed E-state index contributed by atoms with van der Waals surface area (Å²) < 4.78 is 52.0. The van der Waals surface area contributed by atoms with E-state index in [2.05, 4.69) is 10.3 Å². The van der Waals surface area contributed by atoms with Crippen LogP contribution in [0.25, 0.3) is 0 Å². The van der Waals surface area contributed by atoms with Gasteiger partial charge in [0.1, 0.15) is 0 Å². The van der Waals surface area contributed by atoms with Crippen molar-refractivity contribution in [2.75, 3.05) is 5.32 Å². The third kappa shape index (κ3) is 4.81. The average Bonchev–Trinajstić information content (AvgIpc) is 2.49. The highest BCUT2D eigenvalue weighted by molar-refractivity contribution is 6.00. The van der Waals surface area contributed by atoms with E-state index in [4.69, 9.17) is 0 Å². The van der Waals surface area contributed by atoms with E-state index in [-0.39, 0.29) is 5.69 Å². The summed E-state index contributed by atoms with van der Waals surface area (Å²) in [5.74, 6) is -0.787. The lowest BCUT2D eigenvalue weighted by Crippen LogP contribution is -2.37. The van der Waals surface area contributed by atoms with Crippen molar-refractivity contribution in [2.45, 2.75) is 26.2 Å². The van der Waals surface area contributed by atoms with E-state index in [0.29, 0.717) is 5.69 Å². The summed E-state index contributed by atoms with van der Waals surface area (Å²) in [6, 6.07) is 13.0. The molecule has 2 rings (SSSR count). The zero-order chi connectivity index (χ0) is 17.0. The van der Waals surface area contributed by atoms with Crippen molar-refractivity contribution in [3.8, 4) is 0 Å². The number of hydrogen-bond acceptors (Lipinski definition) is 1. The summed E-state index contributed by atoms with van der Waals surface area (Å²) in [5, 5.41) is 2.43. The van der Waals surface area contributed by atoms with Crippen LogP contribution in [-0.2, 0) is 0 Å². The van der Waals surface area contributed by atoms with Crippen molar-refractivity contribution in [1.82, 2.24) is 0 Å².